The number of carbonyl (C=O) groups is 2. The molecule has 6 nitrogen and oxygen atoms in total. The van der Waals surface area contributed by atoms with Crippen molar-refractivity contribution >= 4 is 11.8 Å². The van der Waals surface area contributed by atoms with E-state index in [4.69, 9.17) is 4.74 Å². The average molecular weight is 381 g/mol. The van der Waals surface area contributed by atoms with Gasteiger partial charge in [0.25, 0.3) is 5.91 Å². The fraction of sp³-hybridized carbons (Fsp3) is 0.364. The maximum Gasteiger partial charge on any atom is 0.251 e. The van der Waals surface area contributed by atoms with E-state index < -0.39 is 0 Å². The molecule has 1 heterocycles. The second-order valence-electron chi connectivity index (χ2n) is 6.81. The minimum Gasteiger partial charge on any atom is -0.497 e. The molecular weight excluding hydrogens is 354 g/mol. The Bertz CT molecular complexity index is 803. The Hall–Kier alpha value is -2.86. The number of benzene rings is 2. The molecule has 28 heavy (non-hydrogen) atoms. The van der Waals surface area contributed by atoms with Gasteiger partial charge in [0.1, 0.15) is 5.75 Å². The van der Waals surface area contributed by atoms with Crippen LogP contribution in [0.4, 0.5) is 0 Å². The van der Waals surface area contributed by atoms with Crippen LogP contribution in [0, 0.1) is 0 Å². The predicted molar refractivity (Wildman–Crippen MR) is 108 cm³/mol. The van der Waals surface area contributed by atoms with Crippen LogP contribution in [0.15, 0.2) is 48.5 Å². The van der Waals surface area contributed by atoms with E-state index in [0.29, 0.717) is 24.4 Å². The van der Waals surface area contributed by atoms with Crippen molar-refractivity contribution in [1.82, 2.24) is 15.5 Å². The average Bonchev–Trinajstić information content (AvgIpc) is 2.77. The zero-order valence-electron chi connectivity index (χ0n) is 16.4. The number of nitrogens with one attached hydrogen (secondary N) is 2. The van der Waals surface area contributed by atoms with Crippen molar-refractivity contribution in [1.29, 1.82) is 0 Å². The summed E-state index contributed by atoms with van der Waals surface area (Å²) in [7, 11) is 1.58. The summed E-state index contributed by atoms with van der Waals surface area (Å²) in [5.41, 5.74) is 2.89. The summed E-state index contributed by atoms with van der Waals surface area (Å²) in [6, 6.07) is 15.2. The molecule has 1 aliphatic heterocycles. The second kappa shape index (κ2) is 9.37. The zero-order valence-corrected chi connectivity index (χ0v) is 16.4. The Morgan fingerprint density at radius 3 is 2.50 bits per heavy atom. The van der Waals surface area contributed by atoms with Crippen molar-refractivity contribution in [3.8, 4) is 5.75 Å². The normalized spacial score (nSPS) is 16.5. The van der Waals surface area contributed by atoms with E-state index in [1.54, 1.807) is 31.4 Å². The number of aryl methyl sites for hydroxylation is 1. The Morgan fingerprint density at radius 2 is 1.86 bits per heavy atom. The maximum absolute atomic E-state index is 12.8. The lowest BCUT2D eigenvalue weighted by molar-refractivity contribution is -0.133. The molecule has 2 aromatic carbocycles. The highest BCUT2D eigenvalue weighted by Gasteiger charge is 2.27. The van der Waals surface area contributed by atoms with Crippen molar-refractivity contribution in [2.24, 2.45) is 0 Å². The van der Waals surface area contributed by atoms with Gasteiger partial charge in [-0.3, -0.25) is 9.59 Å². The SMILES string of the molecule is CCc1ccc(C2CNCCN2C(=O)CNC(=O)c2ccc(OC)cc2)cc1. The molecule has 0 aromatic heterocycles. The zero-order chi connectivity index (χ0) is 19.9. The van der Waals surface area contributed by atoms with Crippen LogP contribution in [0.5, 0.6) is 5.75 Å². The van der Waals surface area contributed by atoms with Crippen LogP contribution in [0.25, 0.3) is 0 Å². The molecule has 1 fully saturated rings. The van der Waals surface area contributed by atoms with Crippen molar-refractivity contribution in [3.63, 3.8) is 0 Å². The Kier molecular flexibility index (Phi) is 6.66. The van der Waals surface area contributed by atoms with Gasteiger partial charge in [0.05, 0.1) is 19.7 Å². The highest BCUT2D eigenvalue weighted by molar-refractivity contribution is 5.96. The largest absolute Gasteiger partial charge is 0.497 e. The first-order valence-corrected chi connectivity index (χ1v) is 9.63. The van der Waals surface area contributed by atoms with Gasteiger partial charge in [-0.15, -0.1) is 0 Å². The molecule has 3 rings (SSSR count). The van der Waals surface area contributed by atoms with Crippen LogP contribution < -0.4 is 15.4 Å². The quantitative estimate of drug-likeness (QED) is 0.805. The number of ether oxygens (including phenoxy) is 1. The maximum atomic E-state index is 12.8. The first kappa shape index (κ1) is 19.9. The van der Waals surface area contributed by atoms with Crippen LogP contribution in [-0.2, 0) is 11.2 Å². The summed E-state index contributed by atoms with van der Waals surface area (Å²) >= 11 is 0. The molecule has 1 unspecified atom stereocenters. The van der Waals surface area contributed by atoms with Gasteiger partial charge in [-0.05, 0) is 41.8 Å². The molecule has 0 aliphatic carbocycles. The van der Waals surface area contributed by atoms with Crippen LogP contribution in [0.2, 0.25) is 0 Å². The molecule has 1 saturated heterocycles. The molecule has 148 valence electrons. The lowest BCUT2D eigenvalue weighted by atomic mass is 10.0. The molecule has 1 atom stereocenters. The number of piperazine rings is 1. The summed E-state index contributed by atoms with van der Waals surface area (Å²) in [4.78, 5) is 27.0. The molecule has 0 radical (unpaired) electrons. The highest BCUT2D eigenvalue weighted by Crippen LogP contribution is 2.23. The van der Waals surface area contributed by atoms with Crippen molar-refractivity contribution in [3.05, 3.63) is 65.2 Å². The Balaban J connectivity index is 1.62. The fourth-order valence-corrected chi connectivity index (χ4v) is 3.38. The van der Waals surface area contributed by atoms with Crippen molar-refractivity contribution < 1.29 is 14.3 Å². The van der Waals surface area contributed by atoms with Gasteiger partial charge >= 0.3 is 0 Å². The number of amides is 2. The Labute approximate surface area is 165 Å². The number of rotatable bonds is 6. The third-order valence-corrected chi connectivity index (χ3v) is 5.09. The van der Waals surface area contributed by atoms with E-state index in [0.717, 1.165) is 18.5 Å². The lowest BCUT2D eigenvalue weighted by Crippen LogP contribution is -2.51. The first-order chi connectivity index (χ1) is 13.6. The lowest BCUT2D eigenvalue weighted by Gasteiger charge is -2.36. The minimum absolute atomic E-state index is 0.0194. The molecule has 0 saturated carbocycles. The molecule has 6 heteroatoms. The van der Waals surface area contributed by atoms with Crippen molar-refractivity contribution in [2.75, 3.05) is 33.3 Å². The first-order valence-electron chi connectivity index (χ1n) is 9.63. The van der Waals surface area contributed by atoms with E-state index in [2.05, 4.69) is 41.8 Å². The van der Waals surface area contributed by atoms with Gasteiger partial charge in [0, 0.05) is 25.2 Å². The summed E-state index contributed by atoms with van der Waals surface area (Å²) < 4.78 is 5.10. The second-order valence-corrected chi connectivity index (χ2v) is 6.81. The number of hydrogen-bond donors (Lipinski definition) is 2. The Morgan fingerprint density at radius 1 is 1.14 bits per heavy atom. The van der Waals surface area contributed by atoms with E-state index >= 15 is 0 Å². The third kappa shape index (κ3) is 4.70. The summed E-state index contributed by atoms with van der Waals surface area (Å²) in [6.45, 7) is 4.19. The van der Waals surface area contributed by atoms with Gasteiger partial charge in [0.15, 0.2) is 0 Å². The van der Waals surface area contributed by atoms with Crippen LogP contribution in [0.3, 0.4) is 0 Å². The van der Waals surface area contributed by atoms with Gasteiger partial charge in [-0.25, -0.2) is 0 Å². The van der Waals surface area contributed by atoms with Gasteiger partial charge in [-0.1, -0.05) is 31.2 Å². The number of carbonyl (C=O) groups excluding carboxylic acids is 2. The summed E-state index contributed by atoms with van der Waals surface area (Å²) in [5.74, 6) is 0.341. The van der Waals surface area contributed by atoms with E-state index in [-0.39, 0.29) is 24.4 Å². The highest BCUT2D eigenvalue weighted by atomic mass is 16.5. The minimum atomic E-state index is -0.269. The topological polar surface area (TPSA) is 70.7 Å². The predicted octanol–water partition coefficient (Wildman–Crippen LogP) is 2.16. The van der Waals surface area contributed by atoms with Gasteiger partial charge < -0.3 is 20.3 Å². The van der Waals surface area contributed by atoms with E-state index in [9.17, 15) is 9.59 Å². The smallest absolute Gasteiger partial charge is 0.251 e. The number of hydrogen-bond acceptors (Lipinski definition) is 4. The van der Waals surface area contributed by atoms with Crippen LogP contribution in [0.1, 0.15) is 34.5 Å². The van der Waals surface area contributed by atoms with E-state index in [1.807, 2.05) is 4.90 Å². The van der Waals surface area contributed by atoms with Crippen LogP contribution >= 0.6 is 0 Å². The monoisotopic (exact) mass is 381 g/mol. The third-order valence-electron chi connectivity index (χ3n) is 5.09. The van der Waals surface area contributed by atoms with Gasteiger partial charge in [-0.2, -0.15) is 0 Å². The summed E-state index contributed by atoms with van der Waals surface area (Å²) in [5, 5.41) is 6.09. The van der Waals surface area contributed by atoms with Crippen molar-refractivity contribution in [2.45, 2.75) is 19.4 Å². The molecule has 0 bridgehead atoms. The van der Waals surface area contributed by atoms with Gasteiger partial charge in [0.2, 0.25) is 5.91 Å². The summed E-state index contributed by atoms with van der Waals surface area (Å²) in [6.07, 6.45) is 0.989. The standard InChI is InChI=1S/C22H27N3O3/c1-3-16-4-6-17(7-5-16)20-14-23-12-13-25(20)21(26)15-24-22(27)18-8-10-19(28-2)11-9-18/h4-11,20,23H,3,12-15H2,1-2H3,(H,24,27). The number of nitrogens with zero attached hydrogens (tertiary/aromatic N) is 1. The van der Waals surface area contributed by atoms with Crippen LogP contribution in [-0.4, -0.2) is 50.0 Å². The molecule has 1 aliphatic rings. The molecule has 2 N–H and O–H groups in total. The van der Waals surface area contributed by atoms with E-state index in [1.165, 1.54) is 5.56 Å². The molecule has 2 aromatic rings. The number of methoxy groups -OCH3 is 1. The fourth-order valence-electron chi connectivity index (χ4n) is 3.38. The molecule has 2 amide bonds. The molecule has 0 spiro atoms. The molecular formula is C22H27N3O3.